The van der Waals surface area contributed by atoms with E-state index in [0.29, 0.717) is 13.2 Å². The number of rotatable bonds is 9. The van der Waals surface area contributed by atoms with Crippen LogP contribution in [-0.4, -0.2) is 18.3 Å². The van der Waals surface area contributed by atoms with Crippen molar-refractivity contribution in [2.75, 3.05) is 13.2 Å². The van der Waals surface area contributed by atoms with Crippen molar-refractivity contribution in [3.8, 4) is 11.5 Å². The van der Waals surface area contributed by atoms with Crippen LogP contribution in [0.4, 0.5) is 0 Å². The first-order valence-corrected chi connectivity index (χ1v) is 8.39. The molecule has 1 aliphatic heterocycles. The van der Waals surface area contributed by atoms with Gasteiger partial charge in [-0.3, -0.25) is 0 Å². The Balaban J connectivity index is 1.69. The van der Waals surface area contributed by atoms with Gasteiger partial charge < -0.3 is 14.6 Å². The Morgan fingerprint density at radius 2 is 1.62 bits per heavy atom. The van der Waals surface area contributed by atoms with E-state index in [1.165, 1.54) is 38.5 Å². The summed E-state index contributed by atoms with van der Waals surface area (Å²) in [4.78, 5) is 0. The third-order valence-corrected chi connectivity index (χ3v) is 4.03. The molecule has 1 heterocycles. The molecule has 0 aliphatic carbocycles. The van der Waals surface area contributed by atoms with Crippen LogP contribution in [0.2, 0.25) is 0 Å². The minimum absolute atomic E-state index is 0.392. The van der Waals surface area contributed by atoms with E-state index in [4.69, 9.17) is 9.47 Å². The third kappa shape index (κ3) is 5.24. The van der Waals surface area contributed by atoms with Gasteiger partial charge in [-0.15, -0.1) is 0 Å². The van der Waals surface area contributed by atoms with E-state index in [0.717, 1.165) is 29.9 Å². The highest BCUT2D eigenvalue weighted by molar-refractivity contribution is 5.44. The van der Waals surface area contributed by atoms with Crippen LogP contribution >= 0.6 is 0 Å². The Kier molecular flexibility index (Phi) is 6.87. The normalized spacial score (nSPS) is 15.0. The molecule has 0 fully saturated rings. The quantitative estimate of drug-likeness (QED) is 0.674. The van der Waals surface area contributed by atoms with Gasteiger partial charge in [0.2, 0.25) is 0 Å². The third-order valence-electron chi connectivity index (χ3n) is 4.03. The topological polar surface area (TPSA) is 38.7 Å². The fourth-order valence-electron chi connectivity index (χ4n) is 2.73. The molecule has 1 N–H and O–H groups in total. The van der Waals surface area contributed by atoms with Crippen LogP contribution in [0.25, 0.3) is 0 Å². The van der Waals surface area contributed by atoms with Crippen LogP contribution in [0.15, 0.2) is 18.2 Å². The molecule has 0 saturated heterocycles. The second-order valence-corrected chi connectivity index (χ2v) is 5.83. The van der Waals surface area contributed by atoms with E-state index in [1.807, 2.05) is 18.2 Å². The maximum absolute atomic E-state index is 10.3. The van der Waals surface area contributed by atoms with Crippen LogP contribution in [0.5, 0.6) is 11.5 Å². The molecule has 0 aromatic heterocycles. The zero-order chi connectivity index (χ0) is 14.9. The maximum atomic E-state index is 10.3. The van der Waals surface area contributed by atoms with Crippen molar-refractivity contribution in [1.29, 1.82) is 0 Å². The summed E-state index contributed by atoms with van der Waals surface area (Å²) >= 11 is 0. The lowest BCUT2D eigenvalue weighted by Gasteiger charge is -2.20. The van der Waals surface area contributed by atoms with Crippen molar-refractivity contribution in [3.63, 3.8) is 0 Å². The molecule has 0 saturated carbocycles. The first-order chi connectivity index (χ1) is 10.3. The summed E-state index contributed by atoms with van der Waals surface area (Å²) in [6.45, 7) is 3.43. The van der Waals surface area contributed by atoms with Crippen LogP contribution in [0, 0.1) is 0 Å². The van der Waals surface area contributed by atoms with Crippen molar-refractivity contribution in [1.82, 2.24) is 0 Å². The van der Waals surface area contributed by atoms with Gasteiger partial charge in [0.15, 0.2) is 11.5 Å². The number of aliphatic hydroxyl groups excluding tert-OH is 1. The van der Waals surface area contributed by atoms with Gasteiger partial charge in [-0.2, -0.15) is 0 Å². The predicted molar refractivity (Wildman–Crippen MR) is 85.0 cm³/mol. The lowest BCUT2D eigenvalue weighted by molar-refractivity contribution is 0.157. The highest BCUT2D eigenvalue weighted by Gasteiger charge is 2.15. The van der Waals surface area contributed by atoms with Crippen molar-refractivity contribution >= 4 is 0 Å². The van der Waals surface area contributed by atoms with E-state index in [9.17, 15) is 5.11 Å². The highest BCUT2D eigenvalue weighted by atomic mass is 16.6. The molecular formula is C18H28O3. The number of hydrogen-bond donors (Lipinski definition) is 1. The first-order valence-electron chi connectivity index (χ1n) is 8.39. The summed E-state index contributed by atoms with van der Waals surface area (Å²) in [5.74, 6) is 1.55. The SMILES string of the molecule is CCCCCCCCCC(O)c1ccc2c(c1)OCCO2. The lowest BCUT2D eigenvalue weighted by Crippen LogP contribution is -2.15. The van der Waals surface area contributed by atoms with Crippen molar-refractivity contribution in [2.45, 2.75) is 64.4 Å². The molecular weight excluding hydrogens is 264 g/mol. The van der Waals surface area contributed by atoms with Crippen molar-refractivity contribution in [3.05, 3.63) is 23.8 Å². The van der Waals surface area contributed by atoms with Crippen molar-refractivity contribution in [2.24, 2.45) is 0 Å². The maximum Gasteiger partial charge on any atom is 0.161 e. The standard InChI is InChI=1S/C18H28O3/c1-2-3-4-5-6-7-8-9-16(19)15-10-11-17-18(14-15)21-13-12-20-17/h10-11,14,16,19H,2-9,12-13H2,1H3. The summed E-state index contributed by atoms with van der Waals surface area (Å²) in [5.41, 5.74) is 0.935. The smallest absolute Gasteiger partial charge is 0.161 e. The lowest BCUT2D eigenvalue weighted by atomic mass is 10.0. The molecule has 21 heavy (non-hydrogen) atoms. The summed E-state index contributed by atoms with van der Waals surface area (Å²) in [6.07, 6.45) is 9.34. The second kappa shape index (κ2) is 8.93. The molecule has 2 rings (SSSR count). The largest absolute Gasteiger partial charge is 0.486 e. The molecule has 1 unspecified atom stereocenters. The molecule has 3 nitrogen and oxygen atoms in total. The van der Waals surface area contributed by atoms with Gasteiger partial charge in [0.25, 0.3) is 0 Å². The molecule has 0 radical (unpaired) electrons. The monoisotopic (exact) mass is 292 g/mol. The predicted octanol–water partition coefficient (Wildman–Crippen LogP) is 4.63. The van der Waals surface area contributed by atoms with E-state index in [2.05, 4.69) is 6.92 Å². The molecule has 0 spiro atoms. The number of unbranched alkanes of at least 4 members (excludes halogenated alkanes) is 6. The van der Waals surface area contributed by atoms with Crippen molar-refractivity contribution < 1.29 is 14.6 Å². The van der Waals surface area contributed by atoms with Gasteiger partial charge in [-0.05, 0) is 24.1 Å². The van der Waals surface area contributed by atoms with Crippen LogP contribution < -0.4 is 9.47 Å². The number of ether oxygens (including phenoxy) is 2. The Labute approximate surface area is 128 Å². The molecule has 1 aliphatic rings. The van der Waals surface area contributed by atoms with Crippen LogP contribution in [-0.2, 0) is 0 Å². The van der Waals surface area contributed by atoms with Gasteiger partial charge >= 0.3 is 0 Å². The summed E-state index contributed by atoms with van der Waals surface area (Å²) in [7, 11) is 0. The first kappa shape index (κ1) is 16.2. The van der Waals surface area contributed by atoms with Gasteiger partial charge in [0.05, 0.1) is 6.10 Å². The molecule has 3 heteroatoms. The Bertz CT molecular complexity index is 417. The fourth-order valence-corrected chi connectivity index (χ4v) is 2.73. The second-order valence-electron chi connectivity index (χ2n) is 5.83. The number of hydrogen-bond acceptors (Lipinski definition) is 3. The van der Waals surface area contributed by atoms with Gasteiger partial charge in [0.1, 0.15) is 13.2 Å². The fraction of sp³-hybridized carbons (Fsp3) is 0.667. The number of fused-ring (bicyclic) bond motifs is 1. The zero-order valence-electron chi connectivity index (χ0n) is 13.1. The van der Waals surface area contributed by atoms with Crippen LogP contribution in [0.1, 0.15) is 70.0 Å². The Morgan fingerprint density at radius 1 is 0.952 bits per heavy atom. The summed E-state index contributed by atoms with van der Waals surface area (Å²) < 4.78 is 11.1. The zero-order valence-corrected chi connectivity index (χ0v) is 13.1. The molecule has 1 atom stereocenters. The number of aliphatic hydroxyl groups is 1. The van der Waals surface area contributed by atoms with Gasteiger partial charge in [-0.25, -0.2) is 0 Å². The molecule has 118 valence electrons. The molecule has 1 aromatic carbocycles. The minimum atomic E-state index is -0.392. The summed E-state index contributed by atoms with van der Waals surface area (Å²) in [6, 6.07) is 5.76. The average molecular weight is 292 g/mol. The van der Waals surface area contributed by atoms with Crippen LogP contribution in [0.3, 0.4) is 0 Å². The number of benzene rings is 1. The highest BCUT2D eigenvalue weighted by Crippen LogP contribution is 2.33. The summed E-state index contributed by atoms with van der Waals surface area (Å²) in [5, 5.41) is 10.3. The Hall–Kier alpha value is -1.22. The van der Waals surface area contributed by atoms with Gasteiger partial charge in [0, 0.05) is 0 Å². The minimum Gasteiger partial charge on any atom is -0.486 e. The molecule has 0 amide bonds. The molecule has 0 bridgehead atoms. The van der Waals surface area contributed by atoms with E-state index in [1.54, 1.807) is 0 Å². The Morgan fingerprint density at radius 3 is 2.38 bits per heavy atom. The molecule has 1 aromatic rings. The average Bonchev–Trinajstić information content (AvgIpc) is 2.53. The van der Waals surface area contributed by atoms with E-state index < -0.39 is 6.10 Å². The van der Waals surface area contributed by atoms with E-state index >= 15 is 0 Å². The van der Waals surface area contributed by atoms with E-state index in [-0.39, 0.29) is 0 Å². The van der Waals surface area contributed by atoms with Gasteiger partial charge in [-0.1, -0.05) is 57.9 Å².